The van der Waals surface area contributed by atoms with E-state index in [1.54, 1.807) is 20.8 Å². The first-order chi connectivity index (χ1) is 12.2. The van der Waals surface area contributed by atoms with E-state index in [2.05, 4.69) is 10.1 Å². The van der Waals surface area contributed by atoms with Crippen molar-refractivity contribution in [3.63, 3.8) is 0 Å². The van der Waals surface area contributed by atoms with Gasteiger partial charge in [-0.05, 0) is 27.2 Å². The first kappa shape index (κ1) is 22.3. The molecule has 10 nitrogen and oxygen atoms in total. The molecule has 26 heavy (non-hydrogen) atoms. The minimum absolute atomic E-state index is 0.0168. The Morgan fingerprint density at radius 2 is 2.04 bits per heavy atom. The molecule has 0 aromatic carbocycles. The van der Waals surface area contributed by atoms with Crippen molar-refractivity contribution in [1.82, 2.24) is 14.6 Å². The van der Waals surface area contributed by atoms with Crippen LogP contribution in [0.15, 0.2) is 21.9 Å². The van der Waals surface area contributed by atoms with Crippen molar-refractivity contribution < 1.29 is 23.4 Å². The second kappa shape index (κ2) is 11.1. The molecule has 3 atom stereocenters. The summed E-state index contributed by atoms with van der Waals surface area (Å²) in [4.78, 5) is 36.3. The number of ether oxygens (including phenoxy) is 2. The Kier molecular flexibility index (Phi) is 9.50. The number of aromatic amines is 1. The highest BCUT2D eigenvalue weighted by Gasteiger charge is 2.16. The minimum Gasteiger partial charge on any atom is -0.462 e. The van der Waals surface area contributed by atoms with Gasteiger partial charge in [-0.2, -0.15) is 0 Å². The molecule has 0 aliphatic heterocycles. The summed E-state index contributed by atoms with van der Waals surface area (Å²) < 4.78 is 28.8. The fourth-order valence-electron chi connectivity index (χ4n) is 1.98. The molecule has 0 bridgehead atoms. The molecule has 1 aromatic heterocycles. The van der Waals surface area contributed by atoms with Crippen molar-refractivity contribution >= 4 is 14.1 Å². The molecule has 0 saturated carbocycles. The smallest absolute Gasteiger partial charge is 0.330 e. The molecule has 0 aliphatic carbocycles. The summed E-state index contributed by atoms with van der Waals surface area (Å²) >= 11 is 0. The first-order valence-corrected chi connectivity index (χ1v) is 9.61. The molecular weight excluding hydrogens is 365 g/mol. The lowest BCUT2D eigenvalue weighted by Gasteiger charge is -2.22. The van der Waals surface area contributed by atoms with Crippen LogP contribution >= 0.6 is 8.18 Å². The second-order valence-electron chi connectivity index (χ2n) is 5.77. The van der Waals surface area contributed by atoms with Crippen LogP contribution in [-0.4, -0.2) is 40.9 Å². The minimum atomic E-state index is -2.63. The van der Waals surface area contributed by atoms with E-state index in [0.29, 0.717) is 6.42 Å². The Balaban J connectivity index is 2.46. The summed E-state index contributed by atoms with van der Waals surface area (Å²) in [7, 11) is -2.63. The molecule has 0 amide bonds. The molecule has 1 heterocycles. The number of esters is 1. The number of nitrogens with zero attached hydrogens (tertiary/aromatic N) is 1. The van der Waals surface area contributed by atoms with Gasteiger partial charge in [0, 0.05) is 12.3 Å². The van der Waals surface area contributed by atoms with Crippen LogP contribution in [-0.2, 0) is 23.4 Å². The SMILES string of the molecule is CCC(CO[PH](=O)NCC(=O)OC(C)C)OC(C)n1ccc(=O)[nH]c1=O. The Morgan fingerprint density at radius 1 is 1.35 bits per heavy atom. The number of nitrogens with one attached hydrogen (secondary N) is 2. The van der Waals surface area contributed by atoms with Gasteiger partial charge in [-0.15, -0.1) is 0 Å². The van der Waals surface area contributed by atoms with Gasteiger partial charge in [0.1, 0.15) is 12.8 Å². The van der Waals surface area contributed by atoms with E-state index in [4.69, 9.17) is 14.0 Å². The molecule has 148 valence electrons. The summed E-state index contributed by atoms with van der Waals surface area (Å²) in [6, 6.07) is 1.22. The highest BCUT2D eigenvalue weighted by Crippen LogP contribution is 2.19. The van der Waals surface area contributed by atoms with Gasteiger partial charge >= 0.3 is 11.7 Å². The zero-order valence-corrected chi connectivity index (χ0v) is 16.3. The van der Waals surface area contributed by atoms with E-state index >= 15 is 0 Å². The standard InChI is InChI=1S/C15H26N3O7P/c1-5-12(9-23-26(22)16-8-14(20)24-10(2)3)25-11(4)18-7-6-13(19)17-15(18)21/h6-7,10-12,26H,5,8-9H2,1-4H3,(H,16,22)(H,17,19,21). The summed E-state index contributed by atoms with van der Waals surface area (Å²) in [6.45, 7) is 6.73. The number of rotatable bonds is 11. The van der Waals surface area contributed by atoms with E-state index < -0.39 is 37.7 Å². The van der Waals surface area contributed by atoms with Crippen LogP contribution in [0, 0.1) is 0 Å². The Hall–Kier alpha value is -1.74. The average Bonchev–Trinajstić information content (AvgIpc) is 2.55. The van der Waals surface area contributed by atoms with E-state index in [9.17, 15) is 18.9 Å². The van der Waals surface area contributed by atoms with E-state index in [0.717, 1.165) is 0 Å². The van der Waals surface area contributed by atoms with Crippen molar-refractivity contribution in [3.8, 4) is 0 Å². The molecule has 2 N–H and O–H groups in total. The van der Waals surface area contributed by atoms with Crippen LogP contribution in [0.5, 0.6) is 0 Å². The Labute approximate surface area is 151 Å². The summed E-state index contributed by atoms with van der Waals surface area (Å²) in [5, 5.41) is 2.47. The third-order valence-electron chi connectivity index (χ3n) is 3.23. The average molecular weight is 391 g/mol. The maximum atomic E-state index is 11.8. The Bertz CT molecular complexity index is 716. The fraction of sp³-hybridized carbons (Fsp3) is 0.667. The van der Waals surface area contributed by atoms with Crippen LogP contribution in [0.4, 0.5) is 0 Å². The third kappa shape index (κ3) is 8.09. The van der Waals surface area contributed by atoms with Gasteiger partial charge in [-0.1, -0.05) is 6.92 Å². The molecule has 0 fully saturated rings. The number of carbonyl (C=O) groups excluding carboxylic acids is 1. The summed E-state index contributed by atoms with van der Waals surface area (Å²) in [5.74, 6) is -0.517. The topological polar surface area (TPSA) is 129 Å². The lowest BCUT2D eigenvalue weighted by Crippen LogP contribution is -2.33. The predicted octanol–water partition coefficient (Wildman–Crippen LogP) is 0.798. The highest BCUT2D eigenvalue weighted by atomic mass is 31.1. The molecule has 0 radical (unpaired) electrons. The highest BCUT2D eigenvalue weighted by molar-refractivity contribution is 7.36. The van der Waals surface area contributed by atoms with Gasteiger partial charge in [-0.3, -0.25) is 23.7 Å². The molecule has 0 aliphatic rings. The van der Waals surface area contributed by atoms with Crippen LogP contribution in [0.3, 0.4) is 0 Å². The molecular formula is C15H26N3O7P. The van der Waals surface area contributed by atoms with E-state index in [1.165, 1.54) is 16.8 Å². The molecule has 0 saturated heterocycles. The van der Waals surface area contributed by atoms with Gasteiger partial charge in [0.05, 0.1) is 18.8 Å². The maximum absolute atomic E-state index is 11.8. The number of H-pyrrole nitrogens is 1. The van der Waals surface area contributed by atoms with Crippen LogP contribution in [0.2, 0.25) is 0 Å². The first-order valence-electron chi connectivity index (χ1n) is 8.30. The van der Waals surface area contributed by atoms with Crippen molar-refractivity contribution in [1.29, 1.82) is 0 Å². The monoisotopic (exact) mass is 391 g/mol. The zero-order chi connectivity index (χ0) is 19.7. The van der Waals surface area contributed by atoms with E-state index in [1.807, 2.05) is 6.92 Å². The third-order valence-corrected chi connectivity index (χ3v) is 4.13. The molecule has 0 spiro atoms. The molecule has 1 aromatic rings. The summed E-state index contributed by atoms with van der Waals surface area (Å²) in [5.41, 5.74) is -1.07. The van der Waals surface area contributed by atoms with Crippen LogP contribution in [0.25, 0.3) is 0 Å². The van der Waals surface area contributed by atoms with Crippen LogP contribution < -0.4 is 16.3 Å². The molecule has 11 heteroatoms. The van der Waals surface area contributed by atoms with Crippen molar-refractivity contribution in [2.75, 3.05) is 13.2 Å². The number of carbonyl (C=O) groups is 1. The predicted molar refractivity (Wildman–Crippen MR) is 95.4 cm³/mol. The fourth-order valence-corrected chi connectivity index (χ4v) is 2.71. The molecule has 3 unspecified atom stereocenters. The largest absolute Gasteiger partial charge is 0.462 e. The normalized spacial score (nSPS) is 14.8. The van der Waals surface area contributed by atoms with Gasteiger partial charge in [0.2, 0.25) is 0 Å². The zero-order valence-electron chi connectivity index (χ0n) is 15.3. The van der Waals surface area contributed by atoms with Gasteiger partial charge in [0.15, 0.2) is 0 Å². The van der Waals surface area contributed by atoms with Gasteiger partial charge in [-0.25, -0.2) is 9.88 Å². The lowest BCUT2D eigenvalue weighted by atomic mass is 10.3. The second-order valence-corrected chi connectivity index (χ2v) is 6.99. The quantitative estimate of drug-likeness (QED) is 0.419. The maximum Gasteiger partial charge on any atom is 0.330 e. The van der Waals surface area contributed by atoms with Crippen LogP contribution in [0.1, 0.15) is 40.3 Å². The van der Waals surface area contributed by atoms with Gasteiger partial charge < -0.3 is 14.0 Å². The number of hydrogen-bond donors (Lipinski definition) is 2. The van der Waals surface area contributed by atoms with E-state index in [-0.39, 0.29) is 19.3 Å². The van der Waals surface area contributed by atoms with Gasteiger partial charge in [0.25, 0.3) is 13.7 Å². The summed E-state index contributed by atoms with van der Waals surface area (Å²) in [6.07, 6.45) is 0.562. The van der Waals surface area contributed by atoms with Crippen molar-refractivity contribution in [3.05, 3.63) is 33.1 Å². The number of hydrogen-bond acceptors (Lipinski definition) is 7. The number of aromatic nitrogens is 2. The van der Waals surface area contributed by atoms with Crippen molar-refractivity contribution in [2.24, 2.45) is 0 Å². The van der Waals surface area contributed by atoms with Crippen molar-refractivity contribution in [2.45, 2.75) is 52.6 Å². The molecule has 1 rings (SSSR count). The lowest BCUT2D eigenvalue weighted by molar-refractivity contribution is -0.145. The Morgan fingerprint density at radius 3 is 2.62 bits per heavy atom.